The van der Waals surface area contributed by atoms with Gasteiger partial charge in [0, 0.05) is 31.2 Å². The maximum Gasteiger partial charge on any atom is 0.243 e. The molecule has 134 valence electrons. The Morgan fingerprint density at radius 3 is 2.71 bits per heavy atom. The van der Waals surface area contributed by atoms with Gasteiger partial charge in [0.1, 0.15) is 0 Å². The summed E-state index contributed by atoms with van der Waals surface area (Å²) in [6.07, 6.45) is 0.693. The second-order valence-electron chi connectivity index (χ2n) is 5.90. The minimum atomic E-state index is -3.58. The first-order chi connectivity index (χ1) is 11.3. The van der Waals surface area contributed by atoms with Crippen LogP contribution in [0, 0.1) is 6.92 Å². The molecular weight excluding hydrogens is 350 g/mol. The first-order valence-electron chi connectivity index (χ1n) is 8.10. The van der Waals surface area contributed by atoms with Gasteiger partial charge in [0.25, 0.3) is 0 Å². The summed E-state index contributed by atoms with van der Waals surface area (Å²) in [5, 5.41) is 3.18. The average molecular weight is 374 g/mol. The number of benzene rings is 1. The van der Waals surface area contributed by atoms with Crippen LogP contribution in [-0.2, 0) is 14.8 Å². The van der Waals surface area contributed by atoms with E-state index < -0.39 is 10.0 Å². The van der Waals surface area contributed by atoms with E-state index in [0.717, 1.165) is 0 Å². The molecule has 0 unspecified atom stereocenters. The molecule has 1 aromatic rings. The average Bonchev–Trinajstić information content (AvgIpc) is 2.76. The van der Waals surface area contributed by atoms with Crippen LogP contribution in [0.1, 0.15) is 18.9 Å². The molecule has 1 amide bonds. The van der Waals surface area contributed by atoms with E-state index in [1.807, 2.05) is 11.8 Å². The Morgan fingerprint density at radius 1 is 1.25 bits per heavy atom. The maximum atomic E-state index is 12.9. The maximum absolute atomic E-state index is 12.9. The summed E-state index contributed by atoms with van der Waals surface area (Å²) in [6.45, 7) is 6.60. The number of aryl methyl sites for hydroxylation is 1. The summed E-state index contributed by atoms with van der Waals surface area (Å²) in [5.41, 5.74) is 0.683. The summed E-state index contributed by atoms with van der Waals surface area (Å²) in [5.74, 6) is -0.0282. The summed E-state index contributed by atoms with van der Waals surface area (Å²) in [4.78, 5) is 14.0. The van der Waals surface area contributed by atoms with E-state index in [0.29, 0.717) is 56.3 Å². The van der Waals surface area contributed by atoms with Gasteiger partial charge in [0.05, 0.1) is 11.4 Å². The number of likely N-dealkylation sites (N-methyl/N-ethyl adjacent to an activating group) is 1. The molecule has 1 aromatic carbocycles. The number of carbonyl (C=O) groups excluding carboxylic acids is 1. The van der Waals surface area contributed by atoms with Crippen LogP contribution in [0.2, 0.25) is 5.02 Å². The topological polar surface area (TPSA) is 69.7 Å². The van der Waals surface area contributed by atoms with Gasteiger partial charge in [-0.25, -0.2) is 8.42 Å². The molecule has 0 atom stereocenters. The molecule has 1 aliphatic rings. The van der Waals surface area contributed by atoms with E-state index in [1.165, 1.54) is 10.4 Å². The van der Waals surface area contributed by atoms with Crippen molar-refractivity contribution in [2.24, 2.45) is 0 Å². The molecule has 8 heteroatoms. The second-order valence-corrected chi connectivity index (χ2v) is 8.24. The molecule has 1 fully saturated rings. The Labute approximate surface area is 148 Å². The lowest BCUT2D eigenvalue weighted by Crippen LogP contribution is -2.40. The molecule has 1 saturated heterocycles. The van der Waals surface area contributed by atoms with E-state index in [2.05, 4.69) is 5.32 Å². The van der Waals surface area contributed by atoms with Crippen molar-refractivity contribution in [2.75, 3.05) is 39.3 Å². The molecule has 2 rings (SSSR count). The fourth-order valence-electron chi connectivity index (χ4n) is 2.79. The lowest BCUT2D eigenvalue weighted by Gasteiger charge is -2.22. The molecular formula is C16H24ClN3O3S. The first-order valence-corrected chi connectivity index (χ1v) is 9.91. The molecule has 24 heavy (non-hydrogen) atoms. The third-order valence-corrected chi connectivity index (χ3v) is 6.33. The fraction of sp³-hybridized carbons (Fsp3) is 0.562. The van der Waals surface area contributed by atoms with Crippen LogP contribution in [0.15, 0.2) is 23.1 Å². The van der Waals surface area contributed by atoms with Gasteiger partial charge < -0.3 is 5.32 Å². The Hall–Kier alpha value is -1.15. The van der Waals surface area contributed by atoms with Crippen molar-refractivity contribution in [2.45, 2.75) is 25.2 Å². The lowest BCUT2D eigenvalue weighted by atomic mass is 10.2. The molecule has 0 saturated carbocycles. The van der Waals surface area contributed by atoms with E-state index in [9.17, 15) is 13.2 Å². The van der Waals surface area contributed by atoms with Crippen LogP contribution >= 0.6 is 11.6 Å². The predicted octanol–water partition coefficient (Wildman–Crippen LogP) is 1.48. The van der Waals surface area contributed by atoms with E-state index in [4.69, 9.17) is 11.6 Å². The van der Waals surface area contributed by atoms with Crippen LogP contribution < -0.4 is 5.32 Å². The van der Waals surface area contributed by atoms with Crippen LogP contribution in [0.5, 0.6) is 0 Å². The van der Waals surface area contributed by atoms with Gasteiger partial charge >= 0.3 is 0 Å². The number of nitrogens with one attached hydrogen (secondary N) is 1. The number of hydrogen-bond donors (Lipinski definition) is 1. The molecule has 1 heterocycles. The third-order valence-electron chi connectivity index (χ3n) is 4.06. The zero-order chi connectivity index (χ0) is 17.7. The first kappa shape index (κ1) is 19.2. The SMILES string of the molecule is CCNC(=O)CN1CCCN(S(=O)(=O)c2cc(Cl)ccc2C)CC1. The second kappa shape index (κ2) is 8.29. The molecule has 6 nitrogen and oxygen atoms in total. The zero-order valence-corrected chi connectivity index (χ0v) is 15.7. The standard InChI is InChI=1S/C16H24ClN3O3S/c1-3-18-16(21)12-19-7-4-8-20(10-9-19)24(22,23)15-11-14(17)6-5-13(15)2/h5-6,11H,3-4,7-10,12H2,1-2H3,(H,18,21). The smallest absolute Gasteiger partial charge is 0.243 e. The van der Waals surface area contributed by atoms with Gasteiger partial charge in [-0.2, -0.15) is 4.31 Å². The fourth-order valence-corrected chi connectivity index (χ4v) is 4.75. The molecule has 0 radical (unpaired) electrons. The predicted molar refractivity (Wildman–Crippen MR) is 94.7 cm³/mol. The van der Waals surface area contributed by atoms with Gasteiger partial charge in [0.15, 0.2) is 0 Å². The minimum Gasteiger partial charge on any atom is -0.355 e. The van der Waals surface area contributed by atoms with Gasteiger partial charge in [-0.1, -0.05) is 17.7 Å². The highest BCUT2D eigenvalue weighted by molar-refractivity contribution is 7.89. The number of nitrogens with zero attached hydrogens (tertiary/aromatic N) is 2. The Kier molecular flexibility index (Phi) is 6.62. The number of amides is 1. The molecule has 0 aliphatic carbocycles. The molecule has 0 spiro atoms. The number of halogens is 1. The zero-order valence-electron chi connectivity index (χ0n) is 14.1. The van der Waals surface area contributed by atoms with Crippen molar-refractivity contribution in [3.63, 3.8) is 0 Å². The highest BCUT2D eigenvalue weighted by Gasteiger charge is 2.28. The van der Waals surface area contributed by atoms with Crippen LogP contribution in [-0.4, -0.2) is 62.8 Å². The van der Waals surface area contributed by atoms with Crippen molar-refractivity contribution in [1.29, 1.82) is 0 Å². The molecule has 1 aliphatic heterocycles. The third kappa shape index (κ3) is 4.69. The monoisotopic (exact) mass is 373 g/mol. The van der Waals surface area contributed by atoms with Crippen LogP contribution in [0.4, 0.5) is 0 Å². The molecule has 0 bridgehead atoms. The quantitative estimate of drug-likeness (QED) is 0.848. The summed E-state index contributed by atoms with van der Waals surface area (Å²) in [6, 6.07) is 4.91. The van der Waals surface area contributed by atoms with Crippen molar-refractivity contribution < 1.29 is 13.2 Å². The number of rotatable bonds is 5. The molecule has 0 aromatic heterocycles. The normalized spacial score (nSPS) is 17.5. The van der Waals surface area contributed by atoms with Gasteiger partial charge in [-0.15, -0.1) is 0 Å². The number of carbonyl (C=O) groups is 1. The van der Waals surface area contributed by atoms with E-state index in [-0.39, 0.29) is 10.8 Å². The van der Waals surface area contributed by atoms with Crippen molar-refractivity contribution in [3.05, 3.63) is 28.8 Å². The van der Waals surface area contributed by atoms with E-state index in [1.54, 1.807) is 19.1 Å². The van der Waals surface area contributed by atoms with E-state index >= 15 is 0 Å². The summed E-state index contributed by atoms with van der Waals surface area (Å²) in [7, 11) is -3.58. The Morgan fingerprint density at radius 2 is 2.00 bits per heavy atom. The van der Waals surface area contributed by atoms with Gasteiger partial charge in [-0.05, 0) is 44.5 Å². The largest absolute Gasteiger partial charge is 0.355 e. The highest BCUT2D eigenvalue weighted by Crippen LogP contribution is 2.24. The summed E-state index contributed by atoms with van der Waals surface area (Å²) < 4.78 is 27.3. The van der Waals surface area contributed by atoms with Crippen molar-refractivity contribution >= 4 is 27.5 Å². The Balaban J connectivity index is 2.10. The minimum absolute atomic E-state index is 0.0282. The van der Waals surface area contributed by atoms with Crippen molar-refractivity contribution in [3.8, 4) is 0 Å². The van der Waals surface area contributed by atoms with Crippen molar-refractivity contribution in [1.82, 2.24) is 14.5 Å². The number of sulfonamides is 1. The summed E-state index contributed by atoms with van der Waals surface area (Å²) >= 11 is 5.97. The highest BCUT2D eigenvalue weighted by atomic mass is 35.5. The van der Waals surface area contributed by atoms with Gasteiger partial charge in [0.2, 0.25) is 15.9 Å². The Bertz CT molecular complexity index is 694. The van der Waals surface area contributed by atoms with Gasteiger partial charge in [-0.3, -0.25) is 9.69 Å². The lowest BCUT2D eigenvalue weighted by molar-refractivity contribution is -0.122. The molecule has 1 N–H and O–H groups in total. The van der Waals surface area contributed by atoms with Crippen LogP contribution in [0.25, 0.3) is 0 Å². The number of hydrogen-bond acceptors (Lipinski definition) is 4. The van der Waals surface area contributed by atoms with Crippen LogP contribution in [0.3, 0.4) is 0 Å².